The van der Waals surface area contributed by atoms with E-state index in [-0.39, 0.29) is 17.6 Å². The molecule has 0 radical (unpaired) electrons. The summed E-state index contributed by atoms with van der Waals surface area (Å²) in [5.41, 5.74) is 1.53. The molecule has 0 saturated carbocycles. The summed E-state index contributed by atoms with van der Waals surface area (Å²) in [6.07, 6.45) is 0. The lowest BCUT2D eigenvalue weighted by molar-refractivity contribution is -0.121. The van der Waals surface area contributed by atoms with E-state index < -0.39 is 0 Å². The van der Waals surface area contributed by atoms with Crippen LogP contribution in [0.3, 0.4) is 0 Å². The minimum atomic E-state index is -0.351. The van der Waals surface area contributed by atoms with Crippen molar-refractivity contribution in [3.05, 3.63) is 34.7 Å². The molecule has 0 fully saturated rings. The van der Waals surface area contributed by atoms with Gasteiger partial charge in [-0.3, -0.25) is 4.79 Å². The summed E-state index contributed by atoms with van der Waals surface area (Å²) in [6.45, 7) is 10.9. The van der Waals surface area contributed by atoms with Gasteiger partial charge in [-0.2, -0.15) is 0 Å². The Labute approximate surface area is 118 Å². The number of hydrogen-bond acceptors (Lipinski definition) is 5. The van der Waals surface area contributed by atoms with Gasteiger partial charge in [-0.1, -0.05) is 0 Å². The van der Waals surface area contributed by atoms with E-state index in [1.54, 1.807) is 13.8 Å². The molecule has 108 valence electrons. The predicted octanol–water partition coefficient (Wildman–Crippen LogP) is 3.37. The zero-order valence-corrected chi connectivity index (χ0v) is 12.8. The highest BCUT2D eigenvalue weighted by Gasteiger charge is 2.30. The Morgan fingerprint density at radius 1 is 0.850 bits per heavy atom. The molecule has 5 heteroatoms. The lowest BCUT2D eigenvalue weighted by Crippen LogP contribution is -2.17. The van der Waals surface area contributed by atoms with Crippen LogP contribution < -0.4 is 0 Å². The van der Waals surface area contributed by atoms with E-state index in [1.165, 1.54) is 0 Å². The summed E-state index contributed by atoms with van der Waals surface area (Å²) in [5.74, 6) is 1.77. The Balaban J connectivity index is 2.27. The van der Waals surface area contributed by atoms with Gasteiger partial charge < -0.3 is 8.83 Å². The van der Waals surface area contributed by atoms with E-state index in [4.69, 9.17) is 8.83 Å². The second kappa shape index (κ2) is 5.23. The molecule has 2 aromatic heterocycles. The van der Waals surface area contributed by atoms with Gasteiger partial charge in [0.15, 0.2) is 17.6 Å². The molecule has 0 aromatic carbocycles. The Kier molecular flexibility index (Phi) is 3.79. The van der Waals surface area contributed by atoms with Gasteiger partial charge >= 0.3 is 0 Å². The zero-order valence-electron chi connectivity index (χ0n) is 12.8. The lowest BCUT2D eigenvalue weighted by atomic mass is 9.90. The molecule has 0 aliphatic rings. The average Bonchev–Trinajstić information content (AvgIpc) is 2.88. The molecular weight excluding hydrogens is 256 g/mol. The second-order valence-corrected chi connectivity index (χ2v) is 5.21. The maximum Gasteiger partial charge on any atom is 0.191 e. The Bertz CT molecular complexity index is 585. The third-order valence-corrected chi connectivity index (χ3v) is 3.52. The number of oxazole rings is 2. The fourth-order valence-corrected chi connectivity index (χ4v) is 2.53. The number of aromatic nitrogens is 2. The Morgan fingerprint density at radius 2 is 1.20 bits per heavy atom. The van der Waals surface area contributed by atoms with Crippen molar-refractivity contribution in [2.45, 2.75) is 53.4 Å². The fourth-order valence-electron chi connectivity index (χ4n) is 2.53. The highest BCUT2D eigenvalue weighted by Crippen LogP contribution is 2.30. The van der Waals surface area contributed by atoms with Crippen molar-refractivity contribution in [2.75, 3.05) is 0 Å². The molecule has 0 saturated heterocycles. The van der Waals surface area contributed by atoms with Crippen molar-refractivity contribution in [3.8, 4) is 0 Å². The summed E-state index contributed by atoms with van der Waals surface area (Å²) >= 11 is 0. The van der Waals surface area contributed by atoms with Crippen LogP contribution in [0.4, 0.5) is 0 Å². The molecule has 0 aliphatic carbocycles. The van der Waals surface area contributed by atoms with Crippen LogP contribution in [0.1, 0.15) is 60.4 Å². The van der Waals surface area contributed by atoms with Crippen molar-refractivity contribution < 1.29 is 13.6 Å². The first-order valence-corrected chi connectivity index (χ1v) is 6.72. The molecular formula is C15H20N2O3. The molecule has 2 atom stereocenters. The maximum atomic E-state index is 12.6. The topological polar surface area (TPSA) is 69.1 Å². The van der Waals surface area contributed by atoms with Gasteiger partial charge in [-0.05, 0) is 27.7 Å². The van der Waals surface area contributed by atoms with Crippen LogP contribution in [0.15, 0.2) is 8.83 Å². The van der Waals surface area contributed by atoms with Crippen molar-refractivity contribution in [1.82, 2.24) is 9.97 Å². The average molecular weight is 276 g/mol. The van der Waals surface area contributed by atoms with Crippen LogP contribution in [0.2, 0.25) is 0 Å². The van der Waals surface area contributed by atoms with E-state index in [0.29, 0.717) is 23.3 Å². The number of carbonyl (C=O) groups is 1. The summed E-state index contributed by atoms with van der Waals surface area (Å²) in [4.78, 5) is 21.0. The normalized spacial score (nSPS) is 14.3. The van der Waals surface area contributed by atoms with E-state index in [9.17, 15) is 4.79 Å². The van der Waals surface area contributed by atoms with Gasteiger partial charge in [-0.15, -0.1) is 0 Å². The van der Waals surface area contributed by atoms with Crippen LogP contribution in [0, 0.1) is 27.7 Å². The van der Waals surface area contributed by atoms with Gasteiger partial charge in [0.05, 0.1) is 23.2 Å². The monoisotopic (exact) mass is 276 g/mol. The number of aryl methyl sites for hydroxylation is 4. The fraction of sp³-hybridized carbons (Fsp3) is 0.533. The molecule has 5 nitrogen and oxygen atoms in total. The van der Waals surface area contributed by atoms with Crippen LogP contribution in [0.25, 0.3) is 0 Å². The van der Waals surface area contributed by atoms with Crippen LogP contribution in [-0.2, 0) is 4.79 Å². The van der Waals surface area contributed by atoms with Gasteiger partial charge in [0.1, 0.15) is 11.5 Å². The molecule has 2 unspecified atom stereocenters. The van der Waals surface area contributed by atoms with E-state index >= 15 is 0 Å². The van der Waals surface area contributed by atoms with Crippen molar-refractivity contribution in [2.24, 2.45) is 0 Å². The number of Topliss-reactive ketones (excluding diaryl/α,β-unsaturated/α-hetero) is 1. The molecule has 0 amide bonds. The minimum Gasteiger partial charge on any atom is -0.445 e. The zero-order chi connectivity index (χ0) is 15.0. The van der Waals surface area contributed by atoms with Gasteiger partial charge in [0.2, 0.25) is 0 Å². The number of carbonyl (C=O) groups excluding carboxylic acids is 1. The summed E-state index contributed by atoms with van der Waals surface area (Å²) in [6, 6.07) is 0. The molecule has 2 heterocycles. The van der Waals surface area contributed by atoms with E-state index in [2.05, 4.69) is 9.97 Å². The minimum absolute atomic E-state index is 0.0449. The van der Waals surface area contributed by atoms with Gasteiger partial charge in [0.25, 0.3) is 0 Å². The van der Waals surface area contributed by atoms with E-state index in [1.807, 2.05) is 27.7 Å². The molecule has 0 bridgehead atoms. The highest BCUT2D eigenvalue weighted by molar-refractivity contribution is 5.90. The Morgan fingerprint density at radius 3 is 1.45 bits per heavy atom. The first kappa shape index (κ1) is 14.5. The number of nitrogens with zero attached hydrogens (tertiary/aromatic N) is 2. The summed E-state index contributed by atoms with van der Waals surface area (Å²) in [7, 11) is 0. The molecule has 2 rings (SSSR count). The third-order valence-electron chi connectivity index (χ3n) is 3.52. The number of ketones is 1. The largest absolute Gasteiger partial charge is 0.445 e. The predicted molar refractivity (Wildman–Crippen MR) is 73.8 cm³/mol. The smallest absolute Gasteiger partial charge is 0.191 e. The van der Waals surface area contributed by atoms with Crippen LogP contribution in [0.5, 0.6) is 0 Å². The molecule has 2 aromatic rings. The molecule has 0 N–H and O–H groups in total. The van der Waals surface area contributed by atoms with Crippen LogP contribution in [-0.4, -0.2) is 15.8 Å². The van der Waals surface area contributed by atoms with Gasteiger partial charge in [0, 0.05) is 13.8 Å². The van der Waals surface area contributed by atoms with Crippen molar-refractivity contribution in [3.63, 3.8) is 0 Å². The lowest BCUT2D eigenvalue weighted by Gasteiger charge is -2.13. The highest BCUT2D eigenvalue weighted by atomic mass is 16.4. The number of rotatable bonds is 4. The molecule has 0 spiro atoms. The SMILES string of the molecule is Cc1nc(C)c(C(C)C(=O)C(C)c2oc(C)nc2C)o1. The van der Waals surface area contributed by atoms with Crippen LogP contribution >= 0.6 is 0 Å². The van der Waals surface area contributed by atoms with Gasteiger partial charge in [-0.25, -0.2) is 9.97 Å². The first-order chi connectivity index (χ1) is 9.31. The quantitative estimate of drug-likeness (QED) is 0.856. The molecule has 20 heavy (non-hydrogen) atoms. The van der Waals surface area contributed by atoms with Crippen molar-refractivity contribution in [1.29, 1.82) is 0 Å². The first-order valence-electron chi connectivity index (χ1n) is 6.72. The third kappa shape index (κ3) is 2.53. The Hall–Kier alpha value is -1.91. The summed E-state index contributed by atoms with van der Waals surface area (Å²) < 4.78 is 11.1. The maximum absolute atomic E-state index is 12.6. The standard InChI is InChI=1S/C15H20N2O3/c1-7(14-9(3)16-11(5)19-14)13(18)8(2)15-10(4)17-12(6)20-15/h7-8H,1-6H3. The van der Waals surface area contributed by atoms with Crippen molar-refractivity contribution >= 4 is 5.78 Å². The number of hydrogen-bond donors (Lipinski definition) is 0. The second-order valence-electron chi connectivity index (χ2n) is 5.21. The molecule has 0 aliphatic heterocycles. The van der Waals surface area contributed by atoms with E-state index in [0.717, 1.165) is 11.4 Å². The summed E-state index contributed by atoms with van der Waals surface area (Å²) in [5, 5.41) is 0.